The summed E-state index contributed by atoms with van der Waals surface area (Å²) in [6, 6.07) is 1.85. The maximum absolute atomic E-state index is 4.79. The molecule has 0 saturated carbocycles. The molecular weight excluding hydrogens is 310 g/mol. The van der Waals surface area contributed by atoms with Gasteiger partial charge in [0.05, 0.1) is 10.4 Å². The predicted octanol–water partition coefficient (Wildman–Crippen LogP) is 1.84. The number of rotatable bonds is 2. The molecule has 3 aromatic heterocycles. The fourth-order valence-corrected chi connectivity index (χ4v) is 4.06. The molecule has 8 heteroatoms. The van der Waals surface area contributed by atoms with Gasteiger partial charge in [0.1, 0.15) is 0 Å². The summed E-state index contributed by atoms with van der Waals surface area (Å²) in [7, 11) is 1.95. The second-order valence-corrected chi connectivity index (χ2v) is 6.71. The van der Waals surface area contributed by atoms with E-state index in [4.69, 9.17) is 4.98 Å². The van der Waals surface area contributed by atoms with E-state index in [1.165, 1.54) is 4.70 Å². The molecular formula is C15H19N7S. The second-order valence-electron chi connectivity index (χ2n) is 5.73. The van der Waals surface area contributed by atoms with Crippen molar-refractivity contribution < 1.29 is 0 Å². The Morgan fingerprint density at radius 2 is 1.78 bits per heavy atom. The normalized spacial score (nSPS) is 16.1. The Bertz CT molecular complexity index is 775. The molecule has 0 amide bonds. The number of aromatic nitrogens is 5. The average Bonchev–Trinajstić information content (AvgIpc) is 3.01. The van der Waals surface area contributed by atoms with Crippen LogP contribution in [0.2, 0.25) is 0 Å². The number of aryl methyl sites for hydroxylation is 2. The third-order valence-electron chi connectivity index (χ3n) is 4.13. The van der Waals surface area contributed by atoms with Crippen LogP contribution in [0.1, 0.15) is 12.1 Å². The van der Waals surface area contributed by atoms with E-state index < -0.39 is 0 Å². The maximum Gasteiger partial charge on any atom is 0.225 e. The lowest BCUT2D eigenvalue weighted by Gasteiger charge is -2.21. The van der Waals surface area contributed by atoms with Gasteiger partial charge in [0, 0.05) is 45.6 Å². The van der Waals surface area contributed by atoms with Gasteiger partial charge in [-0.15, -0.1) is 0 Å². The van der Waals surface area contributed by atoms with Crippen molar-refractivity contribution in [3.8, 4) is 0 Å². The number of hydrogen-bond acceptors (Lipinski definition) is 7. The molecule has 1 aliphatic rings. The fraction of sp³-hybridized carbons (Fsp3) is 0.467. The van der Waals surface area contributed by atoms with Crippen molar-refractivity contribution in [3.63, 3.8) is 0 Å². The Morgan fingerprint density at radius 1 is 1.04 bits per heavy atom. The van der Waals surface area contributed by atoms with Gasteiger partial charge in [-0.3, -0.25) is 0 Å². The van der Waals surface area contributed by atoms with Gasteiger partial charge >= 0.3 is 0 Å². The van der Waals surface area contributed by atoms with E-state index in [1.807, 2.05) is 24.7 Å². The van der Waals surface area contributed by atoms with Gasteiger partial charge in [-0.1, -0.05) is 11.3 Å². The van der Waals surface area contributed by atoms with Crippen LogP contribution in [0.4, 0.5) is 11.1 Å². The molecule has 0 atom stereocenters. The highest BCUT2D eigenvalue weighted by Gasteiger charge is 2.21. The van der Waals surface area contributed by atoms with Gasteiger partial charge in [0.2, 0.25) is 5.95 Å². The highest BCUT2D eigenvalue weighted by molar-refractivity contribution is 7.22. The van der Waals surface area contributed by atoms with E-state index in [0.717, 1.165) is 55.0 Å². The zero-order valence-electron chi connectivity index (χ0n) is 13.3. The van der Waals surface area contributed by atoms with Crippen LogP contribution in [0.5, 0.6) is 0 Å². The quantitative estimate of drug-likeness (QED) is 0.715. The first-order valence-corrected chi connectivity index (χ1v) is 8.61. The van der Waals surface area contributed by atoms with Crippen LogP contribution in [0.15, 0.2) is 18.5 Å². The van der Waals surface area contributed by atoms with Crippen molar-refractivity contribution in [1.29, 1.82) is 0 Å². The molecule has 4 rings (SSSR count). The van der Waals surface area contributed by atoms with Crippen molar-refractivity contribution in [2.75, 3.05) is 36.0 Å². The molecule has 1 aliphatic heterocycles. The fourth-order valence-electron chi connectivity index (χ4n) is 2.97. The van der Waals surface area contributed by atoms with E-state index in [2.05, 4.69) is 24.9 Å². The Morgan fingerprint density at radius 3 is 2.57 bits per heavy atom. The molecule has 0 aliphatic carbocycles. The van der Waals surface area contributed by atoms with Crippen molar-refractivity contribution in [3.05, 3.63) is 24.2 Å². The van der Waals surface area contributed by atoms with E-state index in [0.29, 0.717) is 0 Å². The summed E-state index contributed by atoms with van der Waals surface area (Å²) >= 11 is 1.74. The Hall–Kier alpha value is -2.22. The molecule has 0 bridgehead atoms. The monoisotopic (exact) mass is 329 g/mol. The van der Waals surface area contributed by atoms with E-state index >= 15 is 0 Å². The first-order valence-electron chi connectivity index (χ1n) is 7.79. The second kappa shape index (κ2) is 5.77. The van der Waals surface area contributed by atoms with Crippen molar-refractivity contribution in [2.24, 2.45) is 7.05 Å². The van der Waals surface area contributed by atoms with Crippen LogP contribution < -0.4 is 9.80 Å². The zero-order valence-corrected chi connectivity index (χ0v) is 14.1. The summed E-state index contributed by atoms with van der Waals surface area (Å²) in [6.07, 6.45) is 4.67. The highest BCUT2D eigenvalue weighted by atomic mass is 32.1. The Kier molecular flexibility index (Phi) is 3.60. The number of anilines is 2. The minimum absolute atomic E-state index is 0.818. The van der Waals surface area contributed by atoms with E-state index in [-0.39, 0.29) is 0 Å². The summed E-state index contributed by atoms with van der Waals surface area (Å²) in [6.45, 7) is 5.88. The average molecular weight is 329 g/mol. The van der Waals surface area contributed by atoms with Gasteiger partial charge in [-0.2, -0.15) is 5.10 Å². The first-order chi connectivity index (χ1) is 11.2. The van der Waals surface area contributed by atoms with Gasteiger partial charge in [0.15, 0.2) is 10.8 Å². The smallest absolute Gasteiger partial charge is 0.225 e. The molecule has 23 heavy (non-hydrogen) atoms. The van der Waals surface area contributed by atoms with E-state index in [9.17, 15) is 0 Å². The molecule has 0 spiro atoms. The molecule has 7 nitrogen and oxygen atoms in total. The molecule has 1 saturated heterocycles. The number of thiazole rings is 1. The molecule has 4 heterocycles. The minimum atomic E-state index is 0.818. The van der Waals surface area contributed by atoms with Crippen LogP contribution in [-0.4, -0.2) is 50.9 Å². The topological polar surface area (TPSA) is 63.0 Å². The van der Waals surface area contributed by atoms with Crippen LogP contribution in [0.3, 0.4) is 0 Å². The van der Waals surface area contributed by atoms with Crippen LogP contribution in [0.25, 0.3) is 10.3 Å². The van der Waals surface area contributed by atoms with Crippen molar-refractivity contribution >= 4 is 32.8 Å². The minimum Gasteiger partial charge on any atom is -0.346 e. The third kappa shape index (κ3) is 2.63. The van der Waals surface area contributed by atoms with Gasteiger partial charge in [-0.05, 0) is 19.4 Å². The first kappa shape index (κ1) is 14.4. The summed E-state index contributed by atoms with van der Waals surface area (Å²) in [5, 5.41) is 5.52. The highest BCUT2D eigenvalue weighted by Crippen LogP contribution is 2.31. The number of hydrogen-bond donors (Lipinski definition) is 0. The summed E-state index contributed by atoms with van der Waals surface area (Å²) in [5.74, 6) is 0.818. The lowest BCUT2D eigenvalue weighted by atomic mass is 10.4. The van der Waals surface area contributed by atoms with Gasteiger partial charge < -0.3 is 9.80 Å². The van der Waals surface area contributed by atoms with Gasteiger partial charge in [0.25, 0.3) is 0 Å². The third-order valence-corrected chi connectivity index (χ3v) is 5.35. The predicted molar refractivity (Wildman–Crippen MR) is 92.2 cm³/mol. The largest absolute Gasteiger partial charge is 0.346 e. The number of fused-ring (bicyclic) bond motifs is 1. The molecule has 3 aromatic rings. The summed E-state index contributed by atoms with van der Waals surface area (Å²) < 4.78 is 3.06. The molecule has 120 valence electrons. The lowest BCUT2D eigenvalue weighted by Crippen LogP contribution is -2.31. The van der Waals surface area contributed by atoms with Crippen LogP contribution in [-0.2, 0) is 7.05 Å². The summed E-state index contributed by atoms with van der Waals surface area (Å²) in [5.41, 5.74) is 2.04. The molecule has 0 unspecified atom stereocenters. The van der Waals surface area contributed by atoms with Crippen LogP contribution >= 0.6 is 11.3 Å². The Balaban J connectivity index is 1.55. The zero-order chi connectivity index (χ0) is 15.8. The molecule has 0 aromatic carbocycles. The molecule has 1 fully saturated rings. The number of nitrogens with zero attached hydrogens (tertiary/aromatic N) is 7. The SMILES string of the molecule is Cc1nn(C)c2nc(N3CCCN(c4ncccn4)CC3)sc12. The maximum atomic E-state index is 4.79. The Labute approximate surface area is 138 Å². The standard InChI is InChI=1S/C15H19N7S/c1-11-12-13(20(2)19-11)18-15(23-12)22-8-4-7-21(9-10-22)14-16-5-3-6-17-14/h3,5-6H,4,7-10H2,1-2H3. The van der Waals surface area contributed by atoms with Crippen molar-refractivity contribution in [2.45, 2.75) is 13.3 Å². The van der Waals surface area contributed by atoms with Crippen LogP contribution in [0, 0.1) is 6.92 Å². The van der Waals surface area contributed by atoms with Crippen molar-refractivity contribution in [1.82, 2.24) is 24.7 Å². The molecule has 0 radical (unpaired) electrons. The van der Waals surface area contributed by atoms with E-state index in [1.54, 1.807) is 23.7 Å². The van der Waals surface area contributed by atoms with Gasteiger partial charge in [-0.25, -0.2) is 19.6 Å². The molecule has 0 N–H and O–H groups in total. The lowest BCUT2D eigenvalue weighted by molar-refractivity contribution is 0.768. The summed E-state index contributed by atoms with van der Waals surface area (Å²) in [4.78, 5) is 18.1.